The summed E-state index contributed by atoms with van der Waals surface area (Å²) < 4.78 is 49.3. The quantitative estimate of drug-likeness (QED) is 0.0374. The van der Waals surface area contributed by atoms with Crippen LogP contribution in [0.15, 0.2) is 78.9 Å². The third kappa shape index (κ3) is 8.81. The fraction of sp³-hybridized carbons (Fsp3) is 0.405. The second-order valence-electron chi connectivity index (χ2n) is 16.5. The number of hydrogen-bond donors (Lipinski definition) is 3. The third-order valence-corrected chi connectivity index (χ3v) is 16.1. The molecule has 4 saturated heterocycles. The van der Waals surface area contributed by atoms with Crippen molar-refractivity contribution in [3.8, 4) is 5.75 Å². The molecule has 4 fully saturated rings. The highest BCUT2D eigenvalue weighted by Crippen LogP contribution is 2.51. The summed E-state index contributed by atoms with van der Waals surface area (Å²) in [5, 5.41) is 23.6. The fourth-order valence-corrected chi connectivity index (χ4v) is 12.0. The number of ether oxygens (including phenoxy) is 5. The van der Waals surface area contributed by atoms with Crippen LogP contribution in [0.1, 0.15) is 50.4 Å². The number of nitrogens with one attached hydrogen (secondary N) is 2. The van der Waals surface area contributed by atoms with Gasteiger partial charge in [-0.3, -0.25) is 24.5 Å². The van der Waals surface area contributed by atoms with Crippen LogP contribution < -0.4 is 15.4 Å². The smallest absolute Gasteiger partial charge is 0.459 e. The molecule has 0 spiro atoms. The lowest BCUT2D eigenvalue weighted by Gasteiger charge is -2.44. The lowest BCUT2D eigenvalue weighted by atomic mass is 9.92. The number of non-ortho nitro benzene ring substituents is 1. The van der Waals surface area contributed by atoms with Crippen LogP contribution in [0.2, 0.25) is 0 Å². The predicted molar refractivity (Wildman–Crippen MR) is 226 cm³/mol. The van der Waals surface area contributed by atoms with Gasteiger partial charge in [-0.15, -0.1) is 11.8 Å². The summed E-state index contributed by atoms with van der Waals surface area (Å²) in [4.78, 5) is 105. The zero-order valence-electron chi connectivity index (χ0n) is 35.5. The summed E-state index contributed by atoms with van der Waals surface area (Å²) in [5.74, 6) is -5.40. The summed E-state index contributed by atoms with van der Waals surface area (Å²) in [7, 11) is -4.09. The molecule has 4 aliphatic rings. The number of carbonyl (C=O) groups excluding carboxylic acids is 7. The van der Waals surface area contributed by atoms with Crippen molar-refractivity contribution >= 4 is 69.2 Å². The molecule has 22 nitrogen and oxygen atoms in total. The van der Waals surface area contributed by atoms with Crippen LogP contribution in [0.3, 0.4) is 0 Å². The first kappa shape index (κ1) is 47.2. The number of esters is 2. The Balaban J connectivity index is 0.974. The number of amides is 4. The number of nitrogens with zero attached hydrogens (tertiary/aromatic N) is 3. The van der Waals surface area contributed by atoms with Gasteiger partial charge in [0.15, 0.2) is 9.84 Å². The van der Waals surface area contributed by atoms with Crippen molar-refractivity contribution in [2.75, 3.05) is 13.4 Å². The van der Waals surface area contributed by atoms with Crippen LogP contribution >= 0.6 is 11.8 Å². The number of rotatable bonds is 15. The van der Waals surface area contributed by atoms with Crippen molar-refractivity contribution < 1.29 is 75.7 Å². The Kier molecular flexibility index (Phi) is 13.0. The SMILES string of the molecule is CC1(C)S[C@@H]2C(NC(=O)C(NC(=O)OCc3ccccc3)c3ccc(OC(=O)OCOC(=O)[C@@H]4N5C(=O)[C@@H](CO)[C@H]5S(=O)(=O)C4(C)C)cc3)C(=O)N2[C@H]1C(=O)OCc1ccc([N+](=O)[O-])cc1. The maximum atomic E-state index is 14.0. The molecule has 4 aliphatic heterocycles. The predicted octanol–water partition coefficient (Wildman–Crippen LogP) is 2.22. The van der Waals surface area contributed by atoms with Crippen molar-refractivity contribution in [3.05, 3.63) is 106 Å². The van der Waals surface area contributed by atoms with Gasteiger partial charge in [-0.1, -0.05) is 42.5 Å². The van der Waals surface area contributed by atoms with Gasteiger partial charge >= 0.3 is 24.2 Å². The second-order valence-corrected chi connectivity index (χ2v) is 20.9. The molecule has 350 valence electrons. The summed E-state index contributed by atoms with van der Waals surface area (Å²) >= 11 is 1.25. The van der Waals surface area contributed by atoms with E-state index >= 15 is 0 Å². The first-order valence-electron chi connectivity index (χ1n) is 20.1. The highest BCUT2D eigenvalue weighted by atomic mass is 32.2. The minimum Gasteiger partial charge on any atom is -0.459 e. The number of fused-ring (bicyclic) bond motifs is 2. The number of β-lactam (4-membered cyclic amide) rings is 2. The van der Waals surface area contributed by atoms with E-state index in [0.29, 0.717) is 11.1 Å². The zero-order chi connectivity index (χ0) is 47.9. The average Bonchev–Trinajstić information content (AvgIpc) is 3.61. The van der Waals surface area contributed by atoms with E-state index in [4.69, 9.17) is 23.7 Å². The molecule has 0 aromatic heterocycles. The van der Waals surface area contributed by atoms with Crippen LogP contribution in [0, 0.1) is 16.0 Å². The Morgan fingerprint density at radius 3 is 2.08 bits per heavy atom. The van der Waals surface area contributed by atoms with E-state index in [0.717, 1.165) is 4.90 Å². The fourth-order valence-electron chi connectivity index (χ4n) is 8.12. The molecule has 3 aromatic rings. The van der Waals surface area contributed by atoms with E-state index in [1.165, 1.54) is 79.0 Å². The molecule has 4 amide bonds. The monoisotopic (exact) mass is 953 g/mol. The van der Waals surface area contributed by atoms with Crippen molar-refractivity contribution in [3.63, 3.8) is 0 Å². The third-order valence-electron chi connectivity index (χ3n) is 11.6. The minimum atomic E-state index is -4.09. The number of aliphatic hydroxyl groups is 1. The summed E-state index contributed by atoms with van der Waals surface area (Å²) in [6.07, 6.45) is -2.35. The molecule has 7 rings (SSSR count). The Labute approximate surface area is 380 Å². The number of carbonyl (C=O) groups is 7. The number of benzene rings is 3. The van der Waals surface area contributed by atoms with Gasteiger partial charge in [-0.05, 0) is 68.7 Å². The molecular formula is C42H43N5O17S2. The number of nitro benzene ring substituents is 1. The summed E-state index contributed by atoms with van der Waals surface area (Å²) in [5.41, 5.74) is 1.16. The van der Waals surface area contributed by atoms with Crippen LogP contribution in [-0.2, 0) is 66.0 Å². The Morgan fingerprint density at radius 2 is 1.44 bits per heavy atom. The average molecular weight is 954 g/mol. The van der Waals surface area contributed by atoms with Crippen LogP contribution in [0.4, 0.5) is 15.3 Å². The molecule has 3 aromatic carbocycles. The van der Waals surface area contributed by atoms with E-state index in [1.54, 1.807) is 44.2 Å². The molecule has 7 atom stereocenters. The Bertz CT molecular complexity index is 2560. The van der Waals surface area contributed by atoms with Crippen LogP contribution in [0.5, 0.6) is 5.75 Å². The molecule has 3 N–H and O–H groups in total. The van der Waals surface area contributed by atoms with Crippen molar-refractivity contribution in [1.82, 2.24) is 20.4 Å². The number of sulfone groups is 1. The van der Waals surface area contributed by atoms with E-state index < -0.39 is 120 Å². The molecule has 24 heteroatoms. The highest BCUT2D eigenvalue weighted by molar-refractivity contribution is 8.01. The second kappa shape index (κ2) is 18.2. The lowest BCUT2D eigenvalue weighted by Crippen LogP contribution is -2.71. The molecule has 0 bridgehead atoms. The van der Waals surface area contributed by atoms with Crippen molar-refractivity contribution in [2.24, 2.45) is 5.92 Å². The van der Waals surface area contributed by atoms with Crippen LogP contribution in [0.25, 0.3) is 0 Å². The van der Waals surface area contributed by atoms with Crippen LogP contribution in [-0.4, -0.2) is 122 Å². The number of alkyl carbamates (subject to hydrolysis) is 1. The maximum Gasteiger partial charge on any atom is 0.516 e. The topological polar surface area (TPSA) is 294 Å². The molecule has 0 radical (unpaired) electrons. The minimum absolute atomic E-state index is 0.131. The maximum absolute atomic E-state index is 14.0. The lowest BCUT2D eigenvalue weighted by molar-refractivity contribution is -0.384. The van der Waals surface area contributed by atoms with Gasteiger partial charge in [-0.2, -0.15) is 0 Å². The van der Waals surface area contributed by atoms with Gasteiger partial charge in [0.1, 0.15) is 53.9 Å². The standard InChI is InChI=1S/C42H43N5O17S2/c1-41(2)30(37(52)60-19-23-10-14-25(15-11-23)47(56)57)45-34(51)29(35(45)65-41)43-32(49)28(44-39(54)61-20-22-8-6-5-7-9-22)24-12-16-26(17-13-24)64-40(55)63-21-62-38(53)31-42(3,4)66(58,59)36-27(18-48)33(50)46(31)36/h5-17,27-31,35-36,48H,18-21H2,1-4H3,(H,43,49)(H,44,54)/t27-,28?,29?,30+,31+,35-,36-/m1/s1. The molecule has 0 aliphatic carbocycles. The number of hydrogen-bond acceptors (Lipinski definition) is 18. The molecule has 66 heavy (non-hydrogen) atoms. The first-order chi connectivity index (χ1) is 31.2. The van der Waals surface area contributed by atoms with Gasteiger partial charge in [0.2, 0.25) is 24.5 Å². The van der Waals surface area contributed by atoms with E-state index in [2.05, 4.69) is 10.6 Å². The largest absolute Gasteiger partial charge is 0.516 e. The highest BCUT2D eigenvalue weighted by Gasteiger charge is 2.72. The Morgan fingerprint density at radius 1 is 0.818 bits per heavy atom. The van der Waals surface area contributed by atoms with E-state index in [-0.39, 0.29) is 30.2 Å². The van der Waals surface area contributed by atoms with Gasteiger partial charge in [-0.25, -0.2) is 27.6 Å². The van der Waals surface area contributed by atoms with Gasteiger partial charge in [0, 0.05) is 16.9 Å². The zero-order valence-corrected chi connectivity index (χ0v) is 37.1. The molecular weight excluding hydrogens is 911 g/mol. The van der Waals surface area contributed by atoms with Gasteiger partial charge in [0.05, 0.1) is 22.2 Å². The van der Waals surface area contributed by atoms with Crippen molar-refractivity contribution in [2.45, 2.75) is 85.3 Å². The molecule has 4 heterocycles. The molecule has 2 unspecified atom stereocenters. The van der Waals surface area contributed by atoms with E-state index in [1.807, 2.05) is 0 Å². The van der Waals surface area contributed by atoms with Crippen molar-refractivity contribution in [1.29, 1.82) is 0 Å². The normalized spacial score (nSPS) is 24.3. The van der Waals surface area contributed by atoms with Gasteiger partial charge in [0.25, 0.3) is 5.69 Å². The summed E-state index contributed by atoms with van der Waals surface area (Å²) in [6.45, 7) is 3.87. The number of aliphatic hydroxyl groups excluding tert-OH is 1. The van der Waals surface area contributed by atoms with E-state index in [9.17, 15) is 57.2 Å². The summed E-state index contributed by atoms with van der Waals surface area (Å²) in [6, 6.07) is 14.1. The Hall–Kier alpha value is -6.79. The first-order valence-corrected chi connectivity index (χ1v) is 22.6. The molecule has 0 saturated carbocycles. The van der Waals surface area contributed by atoms with Gasteiger partial charge < -0.3 is 49.2 Å². The number of nitro groups is 1. The number of thioether (sulfide) groups is 1.